The highest BCUT2D eigenvalue weighted by atomic mass is 16.3. The average molecular weight is 114 g/mol. The van der Waals surface area contributed by atoms with Gasteiger partial charge in [0.05, 0.1) is 0 Å². The predicted octanol–water partition coefficient (Wildman–Crippen LogP) is -0.874. The molecule has 0 aromatic carbocycles. The summed E-state index contributed by atoms with van der Waals surface area (Å²) in [7, 11) is 0. The van der Waals surface area contributed by atoms with Gasteiger partial charge in [0.2, 0.25) is 0 Å². The summed E-state index contributed by atoms with van der Waals surface area (Å²) < 4.78 is 1.15. The van der Waals surface area contributed by atoms with E-state index in [1.807, 2.05) is 0 Å². The second kappa shape index (κ2) is 1.83. The second-order valence-electron chi connectivity index (χ2n) is 1.38. The Morgan fingerprint density at radius 2 is 2.62 bits per heavy atom. The van der Waals surface area contributed by atoms with Crippen molar-refractivity contribution in [3.05, 3.63) is 22.9 Å². The van der Waals surface area contributed by atoms with Gasteiger partial charge in [0, 0.05) is 12.4 Å². The number of aromatic nitrogens is 2. The molecule has 1 rings (SSSR count). The van der Waals surface area contributed by atoms with Crippen LogP contribution in [0.4, 0.5) is 0 Å². The van der Waals surface area contributed by atoms with Crippen molar-refractivity contribution in [3.8, 4) is 0 Å². The van der Waals surface area contributed by atoms with Crippen LogP contribution in [0.25, 0.3) is 0 Å². The van der Waals surface area contributed by atoms with Crippen LogP contribution in [0.5, 0.6) is 0 Å². The number of aliphatic hydroxyl groups is 1. The van der Waals surface area contributed by atoms with Crippen LogP contribution in [-0.4, -0.2) is 14.7 Å². The molecule has 1 aromatic rings. The van der Waals surface area contributed by atoms with E-state index in [9.17, 15) is 4.79 Å². The summed E-state index contributed by atoms with van der Waals surface area (Å²) in [6.07, 6.45) is 2.95. The highest BCUT2D eigenvalue weighted by Gasteiger charge is 1.87. The van der Waals surface area contributed by atoms with Crippen molar-refractivity contribution in [1.29, 1.82) is 0 Å². The lowest BCUT2D eigenvalue weighted by molar-refractivity contribution is 0.206. The molecule has 0 radical (unpaired) electrons. The summed E-state index contributed by atoms with van der Waals surface area (Å²) in [5.41, 5.74) is -0.285. The average Bonchev–Trinajstić information content (AvgIpc) is 2.14. The summed E-state index contributed by atoms with van der Waals surface area (Å²) in [5, 5.41) is 8.35. The molecule has 0 unspecified atom stereocenters. The van der Waals surface area contributed by atoms with E-state index in [-0.39, 0.29) is 12.4 Å². The Kier molecular flexibility index (Phi) is 1.17. The fraction of sp³-hybridized carbons (Fsp3) is 0.250. The second-order valence-corrected chi connectivity index (χ2v) is 1.38. The molecule has 0 saturated heterocycles. The Labute approximate surface area is 45.4 Å². The molecule has 4 nitrogen and oxygen atoms in total. The topological polar surface area (TPSA) is 58.0 Å². The molecule has 0 aliphatic heterocycles. The Morgan fingerprint density at radius 1 is 1.88 bits per heavy atom. The van der Waals surface area contributed by atoms with Crippen LogP contribution in [0, 0.1) is 0 Å². The van der Waals surface area contributed by atoms with Crippen molar-refractivity contribution < 1.29 is 5.11 Å². The van der Waals surface area contributed by atoms with E-state index in [1.165, 1.54) is 12.4 Å². The number of hydrogen-bond donors (Lipinski definition) is 2. The van der Waals surface area contributed by atoms with Crippen LogP contribution in [0.1, 0.15) is 0 Å². The van der Waals surface area contributed by atoms with Gasteiger partial charge < -0.3 is 10.1 Å². The molecule has 44 valence electrons. The Hall–Kier alpha value is -1.03. The maximum absolute atomic E-state index is 10.4. The minimum atomic E-state index is -0.285. The number of imidazole rings is 1. The van der Waals surface area contributed by atoms with E-state index >= 15 is 0 Å². The third kappa shape index (κ3) is 0.651. The molecular weight excluding hydrogens is 108 g/mol. The summed E-state index contributed by atoms with van der Waals surface area (Å²) in [6, 6.07) is 0. The molecule has 0 atom stereocenters. The minimum absolute atomic E-state index is 0.262. The number of H-pyrrole nitrogens is 1. The van der Waals surface area contributed by atoms with E-state index in [0.29, 0.717) is 0 Å². The van der Waals surface area contributed by atoms with Gasteiger partial charge in [0.15, 0.2) is 0 Å². The van der Waals surface area contributed by atoms with E-state index < -0.39 is 0 Å². The number of nitrogens with one attached hydrogen (secondary N) is 1. The van der Waals surface area contributed by atoms with Crippen molar-refractivity contribution in [2.75, 3.05) is 0 Å². The van der Waals surface area contributed by atoms with Gasteiger partial charge in [0.25, 0.3) is 0 Å². The number of aliphatic hydroxyl groups excluding tert-OH is 1. The molecule has 0 spiro atoms. The van der Waals surface area contributed by atoms with Gasteiger partial charge in [-0.25, -0.2) is 4.79 Å². The molecule has 0 saturated carbocycles. The van der Waals surface area contributed by atoms with Gasteiger partial charge in [-0.15, -0.1) is 0 Å². The van der Waals surface area contributed by atoms with E-state index in [4.69, 9.17) is 5.11 Å². The number of aromatic amines is 1. The van der Waals surface area contributed by atoms with Gasteiger partial charge in [-0.1, -0.05) is 0 Å². The quantitative estimate of drug-likeness (QED) is 0.498. The standard InChI is InChI=1S/C4H6N2O2/c7-3-6-2-1-5-4(6)8/h1-2,7H,3H2,(H,5,8). The smallest absolute Gasteiger partial charge is 0.327 e. The van der Waals surface area contributed by atoms with Crippen molar-refractivity contribution >= 4 is 0 Å². The molecule has 0 bridgehead atoms. The van der Waals surface area contributed by atoms with Crippen molar-refractivity contribution in [1.82, 2.24) is 9.55 Å². The lowest BCUT2D eigenvalue weighted by Gasteiger charge is -1.86. The zero-order chi connectivity index (χ0) is 5.98. The minimum Gasteiger partial charge on any atom is -0.376 e. The van der Waals surface area contributed by atoms with Gasteiger partial charge in [-0.2, -0.15) is 0 Å². The molecule has 2 N–H and O–H groups in total. The lowest BCUT2D eigenvalue weighted by Crippen LogP contribution is -2.15. The van der Waals surface area contributed by atoms with Crippen LogP contribution in [0.3, 0.4) is 0 Å². The molecule has 0 aliphatic rings. The summed E-state index contributed by atoms with van der Waals surface area (Å²) in [4.78, 5) is 12.8. The zero-order valence-electron chi connectivity index (χ0n) is 4.16. The van der Waals surface area contributed by atoms with Crippen LogP contribution in [0.2, 0.25) is 0 Å². The highest BCUT2D eigenvalue weighted by molar-refractivity contribution is 4.73. The third-order valence-corrected chi connectivity index (χ3v) is 0.875. The SMILES string of the molecule is O=c1[nH]ccn1CO. The first kappa shape index (κ1) is 5.11. The first-order chi connectivity index (χ1) is 3.84. The van der Waals surface area contributed by atoms with Crippen molar-refractivity contribution in [2.24, 2.45) is 0 Å². The molecule has 0 amide bonds. The number of hydrogen-bond acceptors (Lipinski definition) is 2. The lowest BCUT2D eigenvalue weighted by atomic mass is 10.9. The molecule has 8 heavy (non-hydrogen) atoms. The molecule has 1 aromatic heterocycles. The van der Waals surface area contributed by atoms with Gasteiger partial charge in [0.1, 0.15) is 6.73 Å². The maximum atomic E-state index is 10.4. The zero-order valence-corrected chi connectivity index (χ0v) is 4.16. The fourth-order valence-electron chi connectivity index (χ4n) is 0.461. The first-order valence-electron chi connectivity index (χ1n) is 2.19. The van der Waals surface area contributed by atoms with Crippen LogP contribution < -0.4 is 5.69 Å². The van der Waals surface area contributed by atoms with E-state index in [1.54, 1.807) is 0 Å². The summed E-state index contributed by atoms with van der Waals surface area (Å²) in [6.45, 7) is -0.262. The van der Waals surface area contributed by atoms with Crippen molar-refractivity contribution in [3.63, 3.8) is 0 Å². The van der Waals surface area contributed by atoms with Crippen LogP contribution >= 0.6 is 0 Å². The van der Waals surface area contributed by atoms with Gasteiger partial charge in [-0.3, -0.25) is 4.57 Å². The van der Waals surface area contributed by atoms with Crippen LogP contribution in [-0.2, 0) is 6.73 Å². The molecule has 0 aliphatic carbocycles. The van der Waals surface area contributed by atoms with Crippen LogP contribution in [0.15, 0.2) is 17.2 Å². The van der Waals surface area contributed by atoms with E-state index in [0.717, 1.165) is 4.57 Å². The molecule has 4 heteroatoms. The maximum Gasteiger partial charge on any atom is 0.327 e. The number of rotatable bonds is 1. The molecule has 1 heterocycles. The summed E-state index contributed by atoms with van der Waals surface area (Å²) in [5.74, 6) is 0. The molecular formula is C4H6N2O2. The van der Waals surface area contributed by atoms with Gasteiger partial charge >= 0.3 is 5.69 Å². The van der Waals surface area contributed by atoms with E-state index in [2.05, 4.69) is 4.98 Å². The monoisotopic (exact) mass is 114 g/mol. The Morgan fingerprint density at radius 3 is 2.88 bits per heavy atom. The largest absolute Gasteiger partial charge is 0.376 e. The Bertz CT molecular complexity index is 212. The van der Waals surface area contributed by atoms with Gasteiger partial charge in [-0.05, 0) is 0 Å². The third-order valence-electron chi connectivity index (χ3n) is 0.875. The van der Waals surface area contributed by atoms with Crippen molar-refractivity contribution in [2.45, 2.75) is 6.73 Å². The predicted molar refractivity (Wildman–Crippen MR) is 27.3 cm³/mol. The first-order valence-corrected chi connectivity index (χ1v) is 2.19. The Balaban J connectivity index is 3.11. The summed E-state index contributed by atoms with van der Waals surface area (Å²) >= 11 is 0. The fourth-order valence-corrected chi connectivity index (χ4v) is 0.461. The highest BCUT2D eigenvalue weighted by Crippen LogP contribution is 1.71. The normalized spacial score (nSPS) is 9.62. The molecule has 0 fully saturated rings. The number of nitrogens with zero attached hydrogens (tertiary/aromatic N) is 1.